The molecule has 0 saturated carbocycles. The van der Waals surface area contributed by atoms with Gasteiger partial charge in [0.05, 0.1) is 0 Å². The number of alkyl halides is 3. The highest BCUT2D eigenvalue weighted by molar-refractivity contribution is 6.31. The highest BCUT2D eigenvalue weighted by atomic mass is 35.5. The molecule has 0 radical (unpaired) electrons. The Morgan fingerprint density at radius 1 is 1.20 bits per heavy atom. The zero-order valence-corrected chi connectivity index (χ0v) is 8.52. The number of aryl methyl sites for hydroxylation is 1. The van der Waals surface area contributed by atoms with E-state index in [1.54, 1.807) is 12.1 Å². The van der Waals surface area contributed by atoms with Crippen LogP contribution in [0, 0.1) is 0 Å². The maximum absolute atomic E-state index is 12.5. The zero-order valence-electron chi connectivity index (χ0n) is 7.77. The molecule has 0 aliphatic heterocycles. The summed E-state index contributed by atoms with van der Waals surface area (Å²) in [7, 11) is 1.39. The topological polar surface area (TPSA) is 4.93 Å². The number of aromatic nitrogens is 1. The molecule has 0 aliphatic rings. The highest BCUT2D eigenvalue weighted by Gasteiger charge is 2.34. The standard InChI is InChI=1S/C10H7ClF3N/c1-15-8-3-2-7(11)4-6(8)5-9(15)10(12,13)14/h2-5H,1H3. The fourth-order valence-corrected chi connectivity index (χ4v) is 1.77. The average molecular weight is 234 g/mol. The first-order chi connectivity index (χ1) is 6.89. The van der Waals surface area contributed by atoms with Crippen molar-refractivity contribution in [3.8, 4) is 0 Å². The van der Waals surface area contributed by atoms with E-state index in [0.717, 1.165) is 10.6 Å². The molecule has 0 N–H and O–H groups in total. The maximum atomic E-state index is 12.5. The molecule has 0 amide bonds. The van der Waals surface area contributed by atoms with Crippen molar-refractivity contribution in [2.75, 3.05) is 0 Å². The molecule has 80 valence electrons. The minimum atomic E-state index is -4.33. The summed E-state index contributed by atoms with van der Waals surface area (Å²) in [6.07, 6.45) is -4.33. The molecule has 2 rings (SSSR count). The van der Waals surface area contributed by atoms with Gasteiger partial charge in [0.25, 0.3) is 0 Å². The lowest BCUT2D eigenvalue weighted by molar-refractivity contribution is -0.142. The van der Waals surface area contributed by atoms with Crippen molar-refractivity contribution in [2.45, 2.75) is 6.18 Å². The molecule has 2 aromatic rings. The predicted octanol–water partition coefficient (Wildman–Crippen LogP) is 3.85. The molecule has 0 bridgehead atoms. The smallest absolute Gasteiger partial charge is 0.340 e. The van der Waals surface area contributed by atoms with Gasteiger partial charge in [-0.05, 0) is 24.3 Å². The lowest BCUT2D eigenvalue weighted by Gasteiger charge is -2.07. The van der Waals surface area contributed by atoms with Crippen LogP contribution in [0.5, 0.6) is 0 Å². The Balaban J connectivity index is 2.75. The van der Waals surface area contributed by atoms with E-state index in [0.29, 0.717) is 15.9 Å². The Kier molecular flexibility index (Phi) is 2.19. The number of fused-ring (bicyclic) bond motifs is 1. The van der Waals surface area contributed by atoms with Gasteiger partial charge in [-0.25, -0.2) is 0 Å². The van der Waals surface area contributed by atoms with Crippen molar-refractivity contribution < 1.29 is 13.2 Å². The van der Waals surface area contributed by atoms with E-state index in [1.807, 2.05) is 0 Å². The second kappa shape index (κ2) is 3.17. The minimum Gasteiger partial charge on any atom is -0.340 e. The van der Waals surface area contributed by atoms with E-state index in [1.165, 1.54) is 13.1 Å². The molecule has 5 heteroatoms. The fourth-order valence-electron chi connectivity index (χ4n) is 1.59. The van der Waals surface area contributed by atoms with E-state index in [2.05, 4.69) is 0 Å². The van der Waals surface area contributed by atoms with Gasteiger partial charge in [-0.15, -0.1) is 0 Å². The monoisotopic (exact) mass is 233 g/mol. The first-order valence-electron chi connectivity index (χ1n) is 4.22. The second-order valence-electron chi connectivity index (χ2n) is 3.29. The van der Waals surface area contributed by atoms with Crippen LogP contribution in [0.25, 0.3) is 10.9 Å². The number of halogens is 4. The van der Waals surface area contributed by atoms with E-state index in [4.69, 9.17) is 11.6 Å². The van der Waals surface area contributed by atoms with E-state index >= 15 is 0 Å². The summed E-state index contributed by atoms with van der Waals surface area (Å²) in [5.41, 5.74) is -0.147. The summed E-state index contributed by atoms with van der Waals surface area (Å²) in [4.78, 5) is 0. The van der Waals surface area contributed by atoms with Crippen LogP contribution in [0.15, 0.2) is 24.3 Å². The van der Waals surface area contributed by atoms with Gasteiger partial charge in [-0.1, -0.05) is 11.6 Å². The van der Waals surface area contributed by atoms with Crippen molar-refractivity contribution in [2.24, 2.45) is 7.05 Å². The molecule has 1 aromatic carbocycles. The normalized spacial score (nSPS) is 12.3. The molecule has 1 aromatic heterocycles. The van der Waals surface area contributed by atoms with E-state index in [9.17, 15) is 13.2 Å². The maximum Gasteiger partial charge on any atom is 0.431 e. The van der Waals surface area contributed by atoms with Crippen LogP contribution in [0.1, 0.15) is 5.69 Å². The Hall–Kier alpha value is -1.16. The van der Waals surface area contributed by atoms with Gasteiger partial charge in [-0.2, -0.15) is 13.2 Å². The molecule has 1 nitrogen and oxygen atoms in total. The van der Waals surface area contributed by atoms with Gasteiger partial charge in [0.2, 0.25) is 0 Å². The first-order valence-corrected chi connectivity index (χ1v) is 4.59. The number of hydrogen-bond acceptors (Lipinski definition) is 0. The van der Waals surface area contributed by atoms with Crippen molar-refractivity contribution in [3.63, 3.8) is 0 Å². The lowest BCUT2D eigenvalue weighted by Crippen LogP contribution is -2.10. The molecule has 0 aliphatic carbocycles. The van der Waals surface area contributed by atoms with Crippen LogP contribution < -0.4 is 0 Å². The SMILES string of the molecule is Cn1c(C(F)(F)F)cc2cc(Cl)ccc21. The van der Waals surface area contributed by atoms with Crippen LogP contribution in [0.4, 0.5) is 13.2 Å². The Labute approximate surface area is 89.1 Å². The van der Waals surface area contributed by atoms with Crippen LogP contribution in [-0.4, -0.2) is 4.57 Å². The summed E-state index contributed by atoms with van der Waals surface area (Å²) in [5, 5.41) is 0.930. The third kappa shape index (κ3) is 1.69. The quantitative estimate of drug-likeness (QED) is 0.651. The lowest BCUT2D eigenvalue weighted by atomic mass is 10.2. The average Bonchev–Trinajstić information content (AvgIpc) is 2.42. The molecule has 1 heterocycles. The van der Waals surface area contributed by atoms with Crippen LogP contribution in [-0.2, 0) is 13.2 Å². The van der Waals surface area contributed by atoms with Gasteiger partial charge < -0.3 is 4.57 Å². The molecule has 0 fully saturated rings. The van der Waals surface area contributed by atoms with Gasteiger partial charge in [0, 0.05) is 23.0 Å². The molecule has 0 atom stereocenters. The summed E-state index contributed by atoms with van der Waals surface area (Å²) in [6.45, 7) is 0. The predicted molar refractivity (Wildman–Crippen MR) is 52.9 cm³/mol. The second-order valence-corrected chi connectivity index (χ2v) is 3.73. The van der Waals surface area contributed by atoms with Crippen molar-refractivity contribution in [3.05, 3.63) is 35.0 Å². The third-order valence-electron chi connectivity index (χ3n) is 2.29. The Morgan fingerprint density at radius 3 is 2.47 bits per heavy atom. The van der Waals surface area contributed by atoms with Crippen molar-refractivity contribution >= 4 is 22.5 Å². The minimum absolute atomic E-state index is 0.432. The molecular formula is C10H7ClF3N. The molecule has 0 saturated heterocycles. The third-order valence-corrected chi connectivity index (χ3v) is 2.53. The number of hydrogen-bond donors (Lipinski definition) is 0. The summed E-state index contributed by atoms with van der Waals surface area (Å²) < 4.78 is 38.7. The van der Waals surface area contributed by atoms with Crippen molar-refractivity contribution in [1.82, 2.24) is 4.57 Å². The summed E-state index contributed by atoms with van der Waals surface area (Å²) in [6, 6.07) is 5.77. The number of nitrogens with zero attached hydrogens (tertiary/aromatic N) is 1. The number of rotatable bonds is 0. The first kappa shape index (κ1) is 10.4. The van der Waals surface area contributed by atoms with Gasteiger partial charge in [0.1, 0.15) is 5.69 Å². The van der Waals surface area contributed by atoms with Gasteiger partial charge >= 0.3 is 6.18 Å². The van der Waals surface area contributed by atoms with E-state index < -0.39 is 11.9 Å². The molecule has 15 heavy (non-hydrogen) atoms. The largest absolute Gasteiger partial charge is 0.431 e. The molecular weight excluding hydrogens is 227 g/mol. The van der Waals surface area contributed by atoms with Crippen molar-refractivity contribution in [1.29, 1.82) is 0 Å². The molecule has 0 spiro atoms. The van der Waals surface area contributed by atoms with Gasteiger partial charge in [0.15, 0.2) is 0 Å². The number of benzene rings is 1. The summed E-state index contributed by atoms with van der Waals surface area (Å²) in [5.74, 6) is 0. The zero-order chi connectivity index (χ0) is 11.2. The fraction of sp³-hybridized carbons (Fsp3) is 0.200. The summed E-state index contributed by atoms with van der Waals surface area (Å²) >= 11 is 5.70. The molecule has 0 unspecified atom stereocenters. The van der Waals surface area contributed by atoms with Crippen LogP contribution in [0.2, 0.25) is 5.02 Å². The van der Waals surface area contributed by atoms with E-state index in [-0.39, 0.29) is 0 Å². The van der Waals surface area contributed by atoms with Crippen LogP contribution in [0.3, 0.4) is 0 Å². The van der Waals surface area contributed by atoms with Gasteiger partial charge in [-0.3, -0.25) is 0 Å². The van der Waals surface area contributed by atoms with Crippen LogP contribution >= 0.6 is 11.6 Å². The Morgan fingerprint density at radius 2 is 1.87 bits per heavy atom. The highest BCUT2D eigenvalue weighted by Crippen LogP contribution is 2.33. The Bertz CT molecular complexity index is 513.